The van der Waals surface area contributed by atoms with Crippen molar-refractivity contribution < 1.29 is 9.66 Å². The fourth-order valence-corrected chi connectivity index (χ4v) is 2.03. The van der Waals surface area contributed by atoms with Gasteiger partial charge in [-0.05, 0) is 28.1 Å². The van der Waals surface area contributed by atoms with Gasteiger partial charge in [-0.25, -0.2) is 9.97 Å². The van der Waals surface area contributed by atoms with Crippen molar-refractivity contribution in [3.8, 4) is 5.75 Å². The maximum absolute atomic E-state index is 11.2. The quantitative estimate of drug-likeness (QED) is 0.629. The predicted molar refractivity (Wildman–Crippen MR) is 82.2 cm³/mol. The molecular weight excluding hydrogens is 342 g/mol. The van der Waals surface area contributed by atoms with E-state index in [0.717, 1.165) is 4.47 Å². The van der Waals surface area contributed by atoms with Gasteiger partial charge in [0.15, 0.2) is 0 Å². The molecule has 0 fully saturated rings. The van der Waals surface area contributed by atoms with Gasteiger partial charge in [-0.15, -0.1) is 0 Å². The number of anilines is 3. The van der Waals surface area contributed by atoms with Crippen LogP contribution in [0.1, 0.15) is 0 Å². The van der Waals surface area contributed by atoms with E-state index in [2.05, 4.69) is 36.5 Å². The van der Waals surface area contributed by atoms with Crippen molar-refractivity contribution in [1.29, 1.82) is 0 Å². The van der Waals surface area contributed by atoms with E-state index in [4.69, 9.17) is 4.74 Å². The average Bonchev–Trinajstić information content (AvgIpc) is 2.48. The van der Waals surface area contributed by atoms with Gasteiger partial charge in [0.2, 0.25) is 11.6 Å². The number of nitro groups is 1. The summed E-state index contributed by atoms with van der Waals surface area (Å²) in [6.07, 6.45) is 1.25. The lowest BCUT2D eigenvalue weighted by atomic mass is 10.3. The largest absolute Gasteiger partial charge is 0.497 e. The Bertz CT molecular complexity index is 680. The third-order valence-electron chi connectivity index (χ3n) is 2.67. The Morgan fingerprint density at radius 3 is 2.67 bits per heavy atom. The van der Waals surface area contributed by atoms with Crippen LogP contribution in [-0.2, 0) is 0 Å². The average molecular weight is 354 g/mol. The van der Waals surface area contributed by atoms with Crippen LogP contribution in [0.5, 0.6) is 5.75 Å². The number of rotatable bonds is 5. The van der Waals surface area contributed by atoms with Crippen molar-refractivity contribution in [2.24, 2.45) is 0 Å². The lowest BCUT2D eigenvalue weighted by Gasteiger charge is -2.11. The predicted octanol–water partition coefficient (Wildman–Crippen LogP) is 2.94. The highest BCUT2D eigenvalue weighted by Gasteiger charge is 2.22. The summed E-state index contributed by atoms with van der Waals surface area (Å²) in [6, 6.07) is 5.24. The van der Waals surface area contributed by atoms with Crippen molar-refractivity contribution in [3.63, 3.8) is 0 Å². The standard InChI is InChI=1S/C12H12BrN5O3/c1-14-11-10(18(19)20)12(16-6-15-11)17-9-5-7(21-2)3-4-8(9)13/h3-6H,1-2H3,(H2,14,15,16,17). The van der Waals surface area contributed by atoms with Gasteiger partial charge in [-0.2, -0.15) is 0 Å². The minimum atomic E-state index is -0.539. The molecular formula is C12H12BrN5O3. The second-order valence-corrected chi connectivity index (χ2v) is 4.75. The van der Waals surface area contributed by atoms with E-state index < -0.39 is 4.92 Å². The van der Waals surface area contributed by atoms with Crippen LogP contribution in [0.3, 0.4) is 0 Å². The fraction of sp³-hybridized carbons (Fsp3) is 0.167. The second kappa shape index (κ2) is 6.35. The van der Waals surface area contributed by atoms with Gasteiger partial charge < -0.3 is 15.4 Å². The second-order valence-electron chi connectivity index (χ2n) is 3.90. The van der Waals surface area contributed by atoms with Crippen molar-refractivity contribution >= 4 is 38.9 Å². The molecule has 0 aliphatic heterocycles. The first-order valence-electron chi connectivity index (χ1n) is 5.84. The zero-order chi connectivity index (χ0) is 15.4. The highest BCUT2D eigenvalue weighted by molar-refractivity contribution is 9.10. The highest BCUT2D eigenvalue weighted by atomic mass is 79.9. The molecule has 1 heterocycles. The summed E-state index contributed by atoms with van der Waals surface area (Å²) in [4.78, 5) is 18.4. The molecule has 0 bridgehead atoms. The topological polar surface area (TPSA) is 102 Å². The Balaban J connectivity index is 2.47. The van der Waals surface area contributed by atoms with E-state index in [-0.39, 0.29) is 17.3 Å². The van der Waals surface area contributed by atoms with Crippen LogP contribution in [0.25, 0.3) is 0 Å². The minimum absolute atomic E-state index is 0.0910. The summed E-state index contributed by atoms with van der Waals surface area (Å²) in [7, 11) is 3.10. The third-order valence-corrected chi connectivity index (χ3v) is 3.36. The maximum Gasteiger partial charge on any atom is 0.353 e. The van der Waals surface area contributed by atoms with Crippen LogP contribution in [0.2, 0.25) is 0 Å². The van der Waals surface area contributed by atoms with Gasteiger partial charge in [-0.1, -0.05) is 0 Å². The fourth-order valence-electron chi connectivity index (χ4n) is 1.68. The Morgan fingerprint density at radius 2 is 2.05 bits per heavy atom. The number of hydrogen-bond donors (Lipinski definition) is 2. The van der Waals surface area contributed by atoms with Crippen molar-refractivity contribution in [2.45, 2.75) is 0 Å². The Morgan fingerprint density at radius 1 is 1.33 bits per heavy atom. The molecule has 0 unspecified atom stereocenters. The smallest absolute Gasteiger partial charge is 0.353 e. The Hall–Kier alpha value is -2.42. The van der Waals surface area contributed by atoms with Crippen LogP contribution in [0.4, 0.5) is 23.0 Å². The molecule has 0 atom stereocenters. The van der Waals surface area contributed by atoms with Gasteiger partial charge in [0.1, 0.15) is 12.1 Å². The van der Waals surface area contributed by atoms with Crippen molar-refractivity contribution in [2.75, 3.05) is 24.8 Å². The summed E-state index contributed by atoms with van der Waals surface area (Å²) in [6.45, 7) is 0. The molecule has 110 valence electrons. The zero-order valence-electron chi connectivity index (χ0n) is 11.3. The lowest BCUT2D eigenvalue weighted by molar-refractivity contribution is -0.383. The first-order valence-corrected chi connectivity index (χ1v) is 6.63. The third kappa shape index (κ3) is 3.19. The first kappa shape index (κ1) is 15.0. The van der Waals surface area contributed by atoms with Gasteiger partial charge in [0.25, 0.3) is 0 Å². The molecule has 0 spiro atoms. The van der Waals surface area contributed by atoms with E-state index in [1.807, 2.05) is 0 Å². The van der Waals surface area contributed by atoms with Crippen molar-refractivity contribution in [1.82, 2.24) is 9.97 Å². The molecule has 8 nitrogen and oxygen atoms in total. The van der Waals surface area contributed by atoms with E-state index >= 15 is 0 Å². The molecule has 0 aliphatic rings. The number of methoxy groups -OCH3 is 1. The maximum atomic E-state index is 11.2. The SMILES string of the molecule is CNc1ncnc(Nc2cc(OC)ccc2Br)c1[N+](=O)[O-]. The number of halogens is 1. The van der Waals surface area contributed by atoms with Crippen LogP contribution < -0.4 is 15.4 Å². The van der Waals surface area contributed by atoms with Crippen LogP contribution in [0, 0.1) is 10.1 Å². The van der Waals surface area contributed by atoms with E-state index in [1.165, 1.54) is 6.33 Å². The zero-order valence-corrected chi connectivity index (χ0v) is 12.8. The molecule has 0 radical (unpaired) electrons. The van der Waals surface area contributed by atoms with Crippen LogP contribution in [-0.4, -0.2) is 29.0 Å². The molecule has 21 heavy (non-hydrogen) atoms. The van der Waals surface area contributed by atoms with Gasteiger partial charge in [0.05, 0.1) is 17.7 Å². The molecule has 1 aromatic heterocycles. The molecule has 9 heteroatoms. The van der Waals surface area contributed by atoms with E-state index in [1.54, 1.807) is 32.4 Å². The number of hydrogen-bond acceptors (Lipinski definition) is 7. The van der Waals surface area contributed by atoms with E-state index in [0.29, 0.717) is 11.4 Å². The van der Waals surface area contributed by atoms with Crippen molar-refractivity contribution in [3.05, 3.63) is 39.1 Å². The van der Waals surface area contributed by atoms with Gasteiger partial charge in [-0.3, -0.25) is 10.1 Å². The number of ether oxygens (including phenoxy) is 1. The number of benzene rings is 1. The molecule has 0 amide bonds. The van der Waals surface area contributed by atoms with Gasteiger partial charge >= 0.3 is 5.69 Å². The van der Waals surface area contributed by atoms with Crippen LogP contribution >= 0.6 is 15.9 Å². The molecule has 1 aromatic carbocycles. The lowest BCUT2D eigenvalue weighted by Crippen LogP contribution is -2.05. The summed E-state index contributed by atoms with van der Waals surface area (Å²) < 4.78 is 5.85. The Kier molecular flexibility index (Phi) is 4.53. The first-order chi connectivity index (χ1) is 10.1. The van der Waals surface area contributed by atoms with Crippen LogP contribution in [0.15, 0.2) is 29.0 Å². The van der Waals surface area contributed by atoms with E-state index in [9.17, 15) is 10.1 Å². The summed E-state index contributed by atoms with van der Waals surface area (Å²) in [5, 5.41) is 16.8. The molecule has 0 aliphatic carbocycles. The molecule has 0 saturated heterocycles. The number of nitrogens with zero attached hydrogens (tertiary/aromatic N) is 3. The number of aromatic nitrogens is 2. The minimum Gasteiger partial charge on any atom is -0.497 e. The highest BCUT2D eigenvalue weighted by Crippen LogP contribution is 2.34. The monoisotopic (exact) mass is 353 g/mol. The Labute approximate surface area is 128 Å². The summed E-state index contributed by atoms with van der Waals surface area (Å²) in [5.74, 6) is 0.844. The summed E-state index contributed by atoms with van der Waals surface area (Å²) >= 11 is 3.37. The molecule has 0 saturated carbocycles. The normalized spacial score (nSPS) is 10.0. The van der Waals surface area contributed by atoms with Gasteiger partial charge in [0, 0.05) is 17.6 Å². The summed E-state index contributed by atoms with van der Waals surface area (Å²) in [5.41, 5.74) is 0.368. The molecule has 2 N–H and O–H groups in total. The molecule has 2 aromatic rings. The molecule has 2 rings (SSSR count). The number of nitrogens with one attached hydrogen (secondary N) is 2.